The number of ether oxygens (including phenoxy) is 1. The zero-order valence-corrected chi connectivity index (χ0v) is 10.2. The van der Waals surface area contributed by atoms with Gasteiger partial charge in [-0.15, -0.1) is 0 Å². The normalized spacial score (nSPS) is 6.00. The molecule has 1 aromatic carbocycles. The van der Waals surface area contributed by atoms with E-state index >= 15 is 0 Å². The maximum Gasteiger partial charge on any atom is 0.0351 e. The third-order valence-electron chi connectivity index (χ3n) is 0.607. The summed E-state index contributed by atoms with van der Waals surface area (Å²) in [6, 6.07) is 12.5. The molecule has 0 aromatic heterocycles. The SMILES string of the molecule is COC.[CH3-].[Y].[c-]1ccccc1. The fraction of sp³-hybridized carbons (Fsp3) is 0.222. The molecule has 0 saturated heterocycles. The summed E-state index contributed by atoms with van der Waals surface area (Å²) in [5.41, 5.74) is 0. The molecule has 0 atom stereocenters. The van der Waals surface area contributed by atoms with E-state index in [2.05, 4.69) is 10.8 Å². The van der Waals surface area contributed by atoms with E-state index in [4.69, 9.17) is 0 Å². The van der Waals surface area contributed by atoms with Gasteiger partial charge in [-0.1, -0.05) is 0 Å². The van der Waals surface area contributed by atoms with Crippen molar-refractivity contribution in [3.05, 3.63) is 43.8 Å². The van der Waals surface area contributed by atoms with Crippen LogP contribution >= 0.6 is 0 Å². The predicted molar refractivity (Wildman–Crippen MR) is 44.6 cm³/mol. The first kappa shape index (κ1) is 17.4. The van der Waals surface area contributed by atoms with Crippen LogP contribution in [0.15, 0.2) is 30.3 Å². The fourth-order valence-electron chi connectivity index (χ4n) is 0.342. The van der Waals surface area contributed by atoms with Crippen molar-refractivity contribution in [3.8, 4) is 0 Å². The third-order valence-corrected chi connectivity index (χ3v) is 0.607. The van der Waals surface area contributed by atoms with Gasteiger partial charge in [-0.25, -0.2) is 0 Å². The van der Waals surface area contributed by atoms with E-state index in [0.717, 1.165) is 0 Å². The van der Waals surface area contributed by atoms with Crippen molar-refractivity contribution in [1.82, 2.24) is 0 Å². The van der Waals surface area contributed by atoms with Gasteiger partial charge in [-0.2, -0.15) is 36.4 Å². The molecule has 2 heteroatoms. The zero-order valence-electron chi connectivity index (χ0n) is 7.37. The average Bonchev–Trinajstić information content (AvgIpc) is 1.93. The molecule has 0 unspecified atom stereocenters. The van der Waals surface area contributed by atoms with E-state index in [0.29, 0.717) is 0 Å². The molecule has 61 valence electrons. The molecule has 0 fully saturated rings. The van der Waals surface area contributed by atoms with E-state index in [-0.39, 0.29) is 40.1 Å². The molecule has 0 aliphatic carbocycles. The predicted octanol–water partition coefficient (Wildman–Crippen LogP) is 2.20. The molecular formula is C9H14OY-2. The molecule has 1 aromatic rings. The number of hydrogen-bond acceptors (Lipinski definition) is 1. The van der Waals surface area contributed by atoms with Crippen LogP contribution < -0.4 is 0 Å². The summed E-state index contributed by atoms with van der Waals surface area (Å²) in [4.78, 5) is 0. The van der Waals surface area contributed by atoms with Gasteiger partial charge in [-0.3, -0.25) is 0 Å². The molecule has 1 nitrogen and oxygen atoms in total. The van der Waals surface area contributed by atoms with E-state index in [1.165, 1.54) is 0 Å². The van der Waals surface area contributed by atoms with Gasteiger partial charge in [0.05, 0.1) is 0 Å². The van der Waals surface area contributed by atoms with E-state index in [1.54, 1.807) is 14.2 Å². The Hall–Kier alpha value is 0.284. The van der Waals surface area contributed by atoms with Gasteiger partial charge < -0.3 is 12.2 Å². The Morgan fingerprint density at radius 1 is 1.00 bits per heavy atom. The van der Waals surface area contributed by atoms with Crippen LogP contribution in [0.2, 0.25) is 0 Å². The molecule has 0 N–H and O–H groups in total. The summed E-state index contributed by atoms with van der Waals surface area (Å²) in [6.07, 6.45) is 0. The summed E-state index contributed by atoms with van der Waals surface area (Å²) in [7, 11) is 3.25. The second-order valence-corrected chi connectivity index (χ2v) is 1.49. The molecule has 0 aliphatic heterocycles. The Morgan fingerprint density at radius 2 is 1.36 bits per heavy atom. The number of benzene rings is 1. The molecular weight excluding hydrogens is 213 g/mol. The Bertz CT molecular complexity index is 92.4. The second kappa shape index (κ2) is 16.7. The van der Waals surface area contributed by atoms with Gasteiger partial charge >= 0.3 is 0 Å². The Balaban J connectivity index is -0.000000116. The van der Waals surface area contributed by atoms with Crippen LogP contribution in [0.1, 0.15) is 0 Å². The summed E-state index contributed by atoms with van der Waals surface area (Å²) < 4.78 is 4.25. The van der Waals surface area contributed by atoms with E-state index in [1.807, 2.05) is 30.3 Å². The van der Waals surface area contributed by atoms with Crippen molar-refractivity contribution in [2.24, 2.45) is 0 Å². The monoisotopic (exact) mass is 227 g/mol. The molecule has 0 bridgehead atoms. The van der Waals surface area contributed by atoms with Crippen LogP contribution in [0.3, 0.4) is 0 Å². The summed E-state index contributed by atoms with van der Waals surface area (Å²) >= 11 is 0. The van der Waals surface area contributed by atoms with Crippen LogP contribution in [0.4, 0.5) is 0 Å². The Kier molecular flexibility index (Phi) is 26.4. The zero-order chi connectivity index (χ0) is 6.95. The van der Waals surface area contributed by atoms with Crippen LogP contribution in [0.25, 0.3) is 0 Å². The van der Waals surface area contributed by atoms with Crippen LogP contribution in [-0.2, 0) is 37.4 Å². The Morgan fingerprint density at radius 3 is 1.45 bits per heavy atom. The number of rotatable bonds is 0. The topological polar surface area (TPSA) is 9.23 Å². The van der Waals surface area contributed by atoms with Gasteiger partial charge in [0.25, 0.3) is 0 Å². The summed E-state index contributed by atoms with van der Waals surface area (Å²) in [5, 5.41) is 0. The molecule has 0 heterocycles. The molecule has 0 saturated carbocycles. The van der Waals surface area contributed by atoms with E-state index < -0.39 is 0 Å². The van der Waals surface area contributed by atoms with Crippen molar-refractivity contribution in [3.63, 3.8) is 0 Å². The van der Waals surface area contributed by atoms with Crippen molar-refractivity contribution in [2.45, 2.75) is 0 Å². The maximum absolute atomic E-state index is 4.25. The number of hydrogen-bond donors (Lipinski definition) is 0. The number of methoxy groups -OCH3 is 1. The standard InChI is InChI=1S/C6H5.C2H6O.CH3.Y/c1-2-4-6-5-3-1;1-3-2;;/h1-5H;1-2H3;1H3;/q-1;;-1;. The Labute approximate surface area is 95.0 Å². The van der Waals surface area contributed by atoms with Crippen molar-refractivity contribution in [1.29, 1.82) is 0 Å². The van der Waals surface area contributed by atoms with Gasteiger partial charge in [0.2, 0.25) is 0 Å². The first-order valence-corrected chi connectivity index (χ1v) is 2.73. The van der Waals surface area contributed by atoms with Gasteiger partial charge in [-0.05, 0) is 0 Å². The van der Waals surface area contributed by atoms with Gasteiger partial charge in [0.1, 0.15) is 0 Å². The second-order valence-electron chi connectivity index (χ2n) is 1.49. The average molecular weight is 227 g/mol. The smallest absolute Gasteiger partial charge is 0.0351 e. The minimum Gasteiger partial charge on any atom is -0.388 e. The fourth-order valence-corrected chi connectivity index (χ4v) is 0.342. The van der Waals surface area contributed by atoms with Crippen molar-refractivity contribution in [2.75, 3.05) is 14.2 Å². The van der Waals surface area contributed by atoms with Crippen LogP contribution in [0.5, 0.6) is 0 Å². The largest absolute Gasteiger partial charge is 0.388 e. The first-order chi connectivity index (χ1) is 4.41. The summed E-state index contributed by atoms with van der Waals surface area (Å²) in [6.45, 7) is 0. The maximum atomic E-state index is 4.25. The minimum atomic E-state index is 0. The van der Waals surface area contributed by atoms with Crippen molar-refractivity contribution >= 4 is 0 Å². The van der Waals surface area contributed by atoms with Crippen LogP contribution in [0, 0.1) is 13.5 Å². The van der Waals surface area contributed by atoms with Gasteiger partial charge in [0, 0.05) is 46.9 Å². The first-order valence-electron chi connectivity index (χ1n) is 2.73. The quantitative estimate of drug-likeness (QED) is 0.617. The molecule has 0 aliphatic rings. The molecule has 0 amide bonds. The third kappa shape index (κ3) is 17.9. The molecule has 1 radical (unpaired) electrons. The van der Waals surface area contributed by atoms with Crippen molar-refractivity contribution < 1.29 is 37.4 Å². The van der Waals surface area contributed by atoms with E-state index in [9.17, 15) is 0 Å². The summed E-state index contributed by atoms with van der Waals surface area (Å²) in [5.74, 6) is 0. The minimum absolute atomic E-state index is 0. The van der Waals surface area contributed by atoms with Gasteiger partial charge in [0.15, 0.2) is 0 Å². The molecule has 11 heavy (non-hydrogen) atoms. The van der Waals surface area contributed by atoms with Crippen LogP contribution in [-0.4, -0.2) is 14.2 Å². The molecule has 1 rings (SSSR count). The molecule has 0 spiro atoms.